The van der Waals surface area contributed by atoms with Crippen molar-refractivity contribution in [2.75, 3.05) is 22.0 Å². The molecule has 2 N–H and O–H groups in total. The molecule has 1 heterocycles. The van der Waals surface area contributed by atoms with Crippen LogP contribution in [0.4, 0.5) is 10.8 Å². The van der Waals surface area contributed by atoms with Crippen LogP contribution in [-0.4, -0.2) is 36.5 Å². The number of aromatic nitrogens is 2. The number of sulfonamides is 1. The second kappa shape index (κ2) is 7.95. The van der Waals surface area contributed by atoms with Crippen LogP contribution in [-0.2, 0) is 10.0 Å². The predicted octanol–water partition coefficient (Wildman–Crippen LogP) is 2.97. The fourth-order valence-electron chi connectivity index (χ4n) is 1.80. The lowest BCUT2D eigenvalue weighted by Crippen LogP contribution is -2.14. The highest BCUT2D eigenvalue weighted by Crippen LogP contribution is 2.26. The van der Waals surface area contributed by atoms with Crippen molar-refractivity contribution in [2.45, 2.75) is 24.6 Å². The van der Waals surface area contributed by atoms with Crippen molar-refractivity contribution in [2.24, 2.45) is 0 Å². The third kappa shape index (κ3) is 5.46. The highest BCUT2D eigenvalue weighted by Gasteiger charge is 2.13. The van der Waals surface area contributed by atoms with Gasteiger partial charge >= 0.3 is 0 Å². The molecule has 0 aliphatic carbocycles. The van der Waals surface area contributed by atoms with Crippen LogP contribution in [0.25, 0.3) is 0 Å². The Balaban J connectivity index is 2.07. The van der Waals surface area contributed by atoms with Crippen molar-refractivity contribution >= 4 is 49.8 Å². The molecule has 0 aliphatic rings. The zero-order chi connectivity index (χ0) is 17.7. The summed E-state index contributed by atoms with van der Waals surface area (Å²) in [7, 11) is -3.36. The van der Waals surface area contributed by atoms with Crippen molar-refractivity contribution < 1.29 is 13.2 Å². The van der Waals surface area contributed by atoms with Gasteiger partial charge in [-0.3, -0.25) is 14.8 Å². The second-order valence-electron chi connectivity index (χ2n) is 5.08. The molecule has 1 aromatic carbocycles. The van der Waals surface area contributed by atoms with Crippen LogP contribution in [0.5, 0.6) is 0 Å². The van der Waals surface area contributed by atoms with E-state index < -0.39 is 10.0 Å². The first-order valence-electron chi connectivity index (χ1n) is 7.14. The van der Waals surface area contributed by atoms with E-state index in [0.717, 1.165) is 22.8 Å². The summed E-state index contributed by atoms with van der Waals surface area (Å²) in [6, 6.07) is 4.74. The van der Waals surface area contributed by atoms with Crippen LogP contribution in [0.15, 0.2) is 22.5 Å². The molecule has 24 heavy (non-hydrogen) atoms. The zero-order valence-corrected chi connectivity index (χ0v) is 15.9. The van der Waals surface area contributed by atoms with E-state index >= 15 is 0 Å². The highest BCUT2D eigenvalue weighted by atomic mass is 32.2. The normalized spacial score (nSPS) is 11.3. The minimum atomic E-state index is -3.36. The molecular formula is C14H18N4O3S3. The number of carbonyl (C=O) groups excluding carboxylic acids is 1. The van der Waals surface area contributed by atoms with Crippen molar-refractivity contribution in [3.05, 3.63) is 29.3 Å². The number of rotatable bonds is 7. The minimum absolute atomic E-state index is 0.313. The third-order valence-electron chi connectivity index (χ3n) is 2.84. The highest BCUT2D eigenvalue weighted by molar-refractivity contribution is 8.01. The summed E-state index contributed by atoms with van der Waals surface area (Å²) in [5, 5.41) is 11.1. The fourth-order valence-corrected chi connectivity index (χ4v) is 4.10. The molecule has 2 aromatic rings. The maximum absolute atomic E-state index is 12.3. The molecule has 0 radical (unpaired) electrons. The van der Waals surface area contributed by atoms with E-state index in [1.54, 1.807) is 36.9 Å². The summed E-state index contributed by atoms with van der Waals surface area (Å²) in [6.45, 7) is 3.82. The largest absolute Gasteiger partial charge is 0.296 e. The quantitative estimate of drug-likeness (QED) is 0.560. The van der Waals surface area contributed by atoms with Crippen LogP contribution in [0, 0.1) is 6.92 Å². The summed E-state index contributed by atoms with van der Waals surface area (Å²) in [5.41, 5.74) is 1.53. The number of amides is 1. The molecule has 0 spiro atoms. The number of thioether (sulfide) groups is 1. The van der Waals surface area contributed by atoms with E-state index in [1.165, 1.54) is 11.3 Å². The van der Waals surface area contributed by atoms with Gasteiger partial charge in [-0.2, -0.15) is 0 Å². The van der Waals surface area contributed by atoms with Crippen LogP contribution in [0.1, 0.15) is 29.3 Å². The van der Waals surface area contributed by atoms with Gasteiger partial charge in [0.2, 0.25) is 15.2 Å². The Kier molecular flexibility index (Phi) is 6.19. The summed E-state index contributed by atoms with van der Waals surface area (Å²) in [4.78, 5) is 12.3. The number of aryl methyl sites for hydroxylation is 1. The first-order valence-corrected chi connectivity index (χ1v) is 10.8. The van der Waals surface area contributed by atoms with E-state index in [-0.39, 0.29) is 5.91 Å². The van der Waals surface area contributed by atoms with Gasteiger partial charge in [0.1, 0.15) is 0 Å². The van der Waals surface area contributed by atoms with E-state index in [2.05, 4.69) is 27.2 Å². The molecule has 2 rings (SSSR count). The number of benzene rings is 1. The molecule has 1 aromatic heterocycles. The smallest absolute Gasteiger partial charge is 0.257 e. The average molecular weight is 387 g/mol. The Labute approximate surface area is 149 Å². The van der Waals surface area contributed by atoms with Crippen LogP contribution in [0.3, 0.4) is 0 Å². The Morgan fingerprint density at radius 3 is 2.71 bits per heavy atom. The van der Waals surface area contributed by atoms with Crippen molar-refractivity contribution in [3.8, 4) is 0 Å². The van der Waals surface area contributed by atoms with Crippen LogP contribution < -0.4 is 10.0 Å². The molecule has 0 saturated heterocycles. The number of carbonyl (C=O) groups is 1. The van der Waals surface area contributed by atoms with E-state index in [4.69, 9.17) is 0 Å². The molecule has 10 heteroatoms. The van der Waals surface area contributed by atoms with E-state index in [0.29, 0.717) is 21.9 Å². The topological polar surface area (TPSA) is 101 Å². The first kappa shape index (κ1) is 18.7. The zero-order valence-electron chi connectivity index (χ0n) is 13.5. The van der Waals surface area contributed by atoms with Crippen molar-refractivity contribution in [1.82, 2.24) is 10.2 Å². The van der Waals surface area contributed by atoms with Gasteiger partial charge in [0.25, 0.3) is 5.91 Å². The second-order valence-corrected chi connectivity index (χ2v) is 9.15. The molecule has 130 valence electrons. The molecule has 0 saturated carbocycles. The fraction of sp³-hybridized carbons (Fsp3) is 0.357. The molecule has 0 fully saturated rings. The summed E-state index contributed by atoms with van der Waals surface area (Å²) in [5.74, 6) is 0.642. The van der Waals surface area contributed by atoms with Gasteiger partial charge in [-0.25, -0.2) is 8.42 Å². The first-order chi connectivity index (χ1) is 11.3. The number of hydrogen-bond donors (Lipinski definition) is 2. The minimum Gasteiger partial charge on any atom is -0.296 e. The molecule has 1 amide bonds. The van der Waals surface area contributed by atoms with Crippen molar-refractivity contribution in [1.29, 1.82) is 0 Å². The standard InChI is InChI=1S/C14H18N4O3S3/c1-4-7-22-14-17-16-13(23-14)15-12(19)10-5-6-11(9(2)8-10)18-24(3,20)21/h5-6,8,18H,4,7H2,1-3H3,(H,15,16,19). The predicted molar refractivity (Wildman–Crippen MR) is 98.5 cm³/mol. The van der Waals surface area contributed by atoms with Crippen molar-refractivity contribution in [3.63, 3.8) is 0 Å². The van der Waals surface area contributed by atoms with Gasteiger partial charge in [-0.05, 0) is 37.1 Å². The van der Waals surface area contributed by atoms with Gasteiger partial charge in [0.05, 0.1) is 11.9 Å². The number of nitrogens with zero attached hydrogens (tertiary/aromatic N) is 2. The Morgan fingerprint density at radius 2 is 2.08 bits per heavy atom. The van der Waals surface area contributed by atoms with Gasteiger partial charge in [0.15, 0.2) is 4.34 Å². The lowest BCUT2D eigenvalue weighted by Gasteiger charge is -2.09. The number of hydrogen-bond acceptors (Lipinski definition) is 7. The summed E-state index contributed by atoms with van der Waals surface area (Å²) >= 11 is 2.93. The van der Waals surface area contributed by atoms with Gasteiger partial charge in [0, 0.05) is 11.3 Å². The SMILES string of the molecule is CCCSc1nnc(NC(=O)c2ccc(NS(C)(=O)=O)c(C)c2)s1. The molecule has 0 atom stereocenters. The van der Waals surface area contributed by atoms with Gasteiger partial charge in [-0.15, -0.1) is 10.2 Å². The average Bonchev–Trinajstić information content (AvgIpc) is 2.93. The van der Waals surface area contributed by atoms with Gasteiger partial charge in [-0.1, -0.05) is 30.0 Å². The Hall–Kier alpha value is -1.65. The Bertz CT molecular complexity index is 834. The van der Waals surface area contributed by atoms with Crippen LogP contribution >= 0.6 is 23.1 Å². The van der Waals surface area contributed by atoms with Crippen LogP contribution in [0.2, 0.25) is 0 Å². The molecule has 0 bridgehead atoms. The summed E-state index contributed by atoms with van der Waals surface area (Å²) < 4.78 is 25.8. The maximum atomic E-state index is 12.3. The van der Waals surface area contributed by atoms with E-state index in [1.807, 2.05) is 0 Å². The molecule has 0 aliphatic heterocycles. The molecule has 7 nitrogen and oxygen atoms in total. The number of nitrogens with one attached hydrogen (secondary N) is 2. The van der Waals surface area contributed by atoms with Gasteiger partial charge < -0.3 is 0 Å². The Morgan fingerprint density at radius 1 is 1.33 bits per heavy atom. The lowest BCUT2D eigenvalue weighted by atomic mass is 10.1. The third-order valence-corrected chi connectivity index (χ3v) is 5.61. The maximum Gasteiger partial charge on any atom is 0.257 e. The lowest BCUT2D eigenvalue weighted by molar-refractivity contribution is 0.102. The molecular weight excluding hydrogens is 368 g/mol. The number of anilines is 2. The van der Waals surface area contributed by atoms with E-state index in [9.17, 15) is 13.2 Å². The monoisotopic (exact) mass is 386 g/mol. The molecule has 0 unspecified atom stereocenters. The summed E-state index contributed by atoms with van der Waals surface area (Å²) in [6.07, 6.45) is 2.12.